The molecule has 0 aromatic heterocycles. The SMILES string of the molecule is CC(=O)OC1=CC[C@@]2(C)[C@@H](CC[C@H]3[C@H]4CC[C@H]([C@H](C)CCCC(C)C)[C@]4(C)CC[C@H]32)C1. The largest absolute Gasteiger partial charge is 0.432 e. The zero-order valence-electron chi connectivity index (χ0n) is 21.2. The smallest absolute Gasteiger partial charge is 0.307 e. The first-order valence-electron chi connectivity index (χ1n) is 13.5. The highest BCUT2D eigenvalue weighted by atomic mass is 16.5. The lowest BCUT2D eigenvalue weighted by Gasteiger charge is -2.60. The molecular weight excluding hydrogens is 380 g/mol. The van der Waals surface area contributed by atoms with Crippen LogP contribution in [0.3, 0.4) is 0 Å². The van der Waals surface area contributed by atoms with Crippen LogP contribution in [0.15, 0.2) is 11.8 Å². The lowest BCUT2D eigenvalue weighted by Crippen LogP contribution is -2.52. The van der Waals surface area contributed by atoms with Crippen LogP contribution in [-0.4, -0.2) is 5.97 Å². The summed E-state index contributed by atoms with van der Waals surface area (Å²) < 4.78 is 5.52. The third-order valence-corrected chi connectivity index (χ3v) is 10.8. The lowest BCUT2D eigenvalue weighted by molar-refractivity contribution is -0.139. The van der Waals surface area contributed by atoms with Gasteiger partial charge in [0.2, 0.25) is 0 Å². The molecule has 0 bridgehead atoms. The second kappa shape index (κ2) is 8.86. The van der Waals surface area contributed by atoms with E-state index in [1.54, 1.807) is 0 Å². The molecule has 176 valence electrons. The third-order valence-electron chi connectivity index (χ3n) is 10.8. The van der Waals surface area contributed by atoms with E-state index in [-0.39, 0.29) is 5.97 Å². The van der Waals surface area contributed by atoms with Crippen LogP contribution in [0.25, 0.3) is 0 Å². The second-order valence-electron chi connectivity index (χ2n) is 12.9. The molecule has 3 fully saturated rings. The number of rotatable bonds is 6. The molecule has 0 amide bonds. The van der Waals surface area contributed by atoms with Gasteiger partial charge in [-0.1, -0.05) is 53.9 Å². The van der Waals surface area contributed by atoms with E-state index in [1.807, 2.05) is 0 Å². The number of hydrogen-bond donors (Lipinski definition) is 0. The van der Waals surface area contributed by atoms with E-state index in [0.717, 1.165) is 54.1 Å². The monoisotopic (exact) mass is 428 g/mol. The summed E-state index contributed by atoms with van der Waals surface area (Å²) in [5.74, 6) is 6.91. The van der Waals surface area contributed by atoms with Gasteiger partial charge in [-0.05, 0) is 103 Å². The van der Waals surface area contributed by atoms with E-state index < -0.39 is 0 Å². The molecule has 0 spiro atoms. The fourth-order valence-electron chi connectivity index (χ4n) is 9.14. The molecule has 2 nitrogen and oxygen atoms in total. The van der Waals surface area contributed by atoms with Crippen molar-refractivity contribution in [2.24, 2.45) is 52.3 Å². The van der Waals surface area contributed by atoms with Gasteiger partial charge in [0, 0.05) is 13.3 Å². The molecule has 31 heavy (non-hydrogen) atoms. The summed E-state index contributed by atoms with van der Waals surface area (Å²) in [5.41, 5.74) is 0.990. The predicted octanol–water partition coefficient (Wildman–Crippen LogP) is 8.16. The Bertz CT molecular complexity index is 693. The first-order chi connectivity index (χ1) is 14.6. The molecule has 2 heteroatoms. The van der Waals surface area contributed by atoms with Gasteiger partial charge in [0.15, 0.2) is 0 Å². The summed E-state index contributed by atoms with van der Waals surface area (Å²) in [4.78, 5) is 11.5. The Balaban J connectivity index is 1.46. The van der Waals surface area contributed by atoms with Crippen molar-refractivity contribution >= 4 is 5.97 Å². The van der Waals surface area contributed by atoms with Gasteiger partial charge in [-0.25, -0.2) is 0 Å². The van der Waals surface area contributed by atoms with Crippen LogP contribution in [0.5, 0.6) is 0 Å². The number of allylic oxidation sites excluding steroid dienone is 2. The molecule has 0 unspecified atom stereocenters. The topological polar surface area (TPSA) is 26.3 Å². The van der Waals surface area contributed by atoms with Gasteiger partial charge in [-0.15, -0.1) is 0 Å². The van der Waals surface area contributed by atoms with E-state index >= 15 is 0 Å². The molecule has 8 atom stereocenters. The van der Waals surface area contributed by atoms with Crippen molar-refractivity contribution in [3.8, 4) is 0 Å². The first kappa shape index (κ1) is 23.4. The Morgan fingerprint density at radius 2 is 1.77 bits per heavy atom. The van der Waals surface area contributed by atoms with E-state index in [2.05, 4.69) is 40.7 Å². The van der Waals surface area contributed by atoms with E-state index in [1.165, 1.54) is 64.7 Å². The highest BCUT2D eigenvalue weighted by Gasteiger charge is 2.60. The Morgan fingerprint density at radius 3 is 2.48 bits per heavy atom. The van der Waals surface area contributed by atoms with Crippen LogP contribution in [0, 0.1) is 52.3 Å². The molecule has 0 saturated heterocycles. The highest BCUT2D eigenvalue weighted by molar-refractivity contribution is 5.67. The van der Waals surface area contributed by atoms with Crippen LogP contribution in [0.2, 0.25) is 0 Å². The number of hydrogen-bond acceptors (Lipinski definition) is 2. The fraction of sp³-hybridized carbons (Fsp3) is 0.897. The number of carbonyl (C=O) groups excluding carboxylic acids is 1. The standard InChI is InChI=1S/C29H48O2/c1-19(2)8-7-9-20(3)25-12-13-26-24-11-10-22-18-23(31-21(4)30)14-16-28(22,5)27(24)15-17-29(25,26)6/h14,19-20,22,24-27H,7-13,15-18H2,1-6H3/t20-,22+,24+,25-,26-,27-,28+,29+/m1/s1. The summed E-state index contributed by atoms with van der Waals surface area (Å²) in [5, 5.41) is 0. The molecule has 0 N–H and O–H groups in total. The van der Waals surface area contributed by atoms with Gasteiger partial charge in [-0.2, -0.15) is 0 Å². The number of ether oxygens (including phenoxy) is 1. The molecule has 0 aliphatic heterocycles. The summed E-state index contributed by atoms with van der Waals surface area (Å²) in [6, 6.07) is 0. The van der Waals surface area contributed by atoms with Crippen LogP contribution in [-0.2, 0) is 9.53 Å². The molecule has 4 aliphatic carbocycles. The maximum Gasteiger partial charge on any atom is 0.307 e. The molecule has 0 aromatic rings. The maximum atomic E-state index is 11.5. The van der Waals surface area contributed by atoms with Gasteiger partial charge >= 0.3 is 5.97 Å². The van der Waals surface area contributed by atoms with Crippen molar-refractivity contribution in [3.05, 3.63) is 11.8 Å². The second-order valence-corrected chi connectivity index (χ2v) is 12.9. The first-order valence-corrected chi connectivity index (χ1v) is 13.5. The quantitative estimate of drug-likeness (QED) is 0.399. The summed E-state index contributed by atoms with van der Waals surface area (Å²) in [7, 11) is 0. The third kappa shape index (κ3) is 4.26. The molecule has 0 radical (unpaired) electrons. The maximum absolute atomic E-state index is 11.5. The van der Waals surface area contributed by atoms with Crippen molar-refractivity contribution in [1.82, 2.24) is 0 Å². The van der Waals surface area contributed by atoms with Crippen LogP contribution in [0.4, 0.5) is 0 Å². The predicted molar refractivity (Wildman–Crippen MR) is 128 cm³/mol. The van der Waals surface area contributed by atoms with Crippen molar-refractivity contribution in [1.29, 1.82) is 0 Å². The Labute approximate surface area is 192 Å². The Kier molecular flexibility index (Phi) is 6.68. The zero-order chi connectivity index (χ0) is 22.4. The van der Waals surface area contributed by atoms with E-state index in [0.29, 0.717) is 16.7 Å². The van der Waals surface area contributed by atoms with Gasteiger partial charge in [-0.3, -0.25) is 4.79 Å². The Hall–Kier alpha value is -0.790. The lowest BCUT2D eigenvalue weighted by atomic mass is 9.45. The molecular formula is C29H48O2. The number of esters is 1. The van der Waals surface area contributed by atoms with Gasteiger partial charge < -0.3 is 4.74 Å². The van der Waals surface area contributed by atoms with Crippen LogP contribution < -0.4 is 0 Å². The minimum atomic E-state index is -0.156. The molecule has 3 saturated carbocycles. The van der Waals surface area contributed by atoms with Gasteiger partial charge in [0.05, 0.1) is 0 Å². The van der Waals surface area contributed by atoms with Gasteiger partial charge in [0.25, 0.3) is 0 Å². The van der Waals surface area contributed by atoms with Gasteiger partial charge in [0.1, 0.15) is 5.76 Å². The fourth-order valence-corrected chi connectivity index (χ4v) is 9.14. The zero-order valence-corrected chi connectivity index (χ0v) is 21.2. The van der Waals surface area contributed by atoms with Crippen molar-refractivity contribution in [2.45, 2.75) is 112 Å². The average Bonchev–Trinajstić information content (AvgIpc) is 3.05. The molecule has 0 heterocycles. The molecule has 4 rings (SSSR count). The number of carbonyl (C=O) groups is 1. The molecule has 4 aliphatic rings. The highest BCUT2D eigenvalue weighted by Crippen LogP contribution is 2.68. The van der Waals surface area contributed by atoms with Crippen molar-refractivity contribution in [2.75, 3.05) is 0 Å². The van der Waals surface area contributed by atoms with Crippen LogP contribution >= 0.6 is 0 Å². The Morgan fingerprint density at radius 1 is 1.03 bits per heavy atom. The van der Waals surface area contributed by atoms with Crippen molar-refractivity contribution in [3.63, 3.8) is 0 Å². The minimum Gasteiger partial charge on any atom is -0.432 e. The normalized spacial score (nSPS) is 42.9. The summed E-state index contributed by atoms with van der Waals surface area (Å²) in [6.45, 7) is 14.1. The van der Waals surface area contributed by atoms with Crippen molar-refractivity contribution < 1.29 is 9.53 Å². The molecule has 0 aromatic carbocycles. The minimum absolute atomic E-state index is 0.156. The summed E-state index contributed by atoms with van der Waals surface area (Å²) >= 11 is 0. The number of fused-ring (bicyclic) bond motifs is 5. The summed E-state index contributed by atoms with van der Waals surface area (Å²) in [6.07, 6.45) is 17.2. The van der Waals surface area contributed by atoms with E-state index in [4.69, 9.17) is 4.74 Å². The average molecular weight is 429 g/mol. The van der Waals surface area contributed by atoms with E-state index in [9.17, 15) is 4.79 Å². The van der Waals surface area contributed by atoms with Crippen LogP contribution in [0.1, 0.15) is 112 Å².